The van der Waals surface area contributed by atoms with Gasteiger partial charge in [-0.15, -0.1) is 0 Å². The first-order valence-corrected chi connectivity index (χ1v) is 5.25. The summed E-state index contributed by atoms with van der Waals surface area (Å²) in [6, 6.07) is 1.96. The highest BCUT2D eigenvalue weighted by Gasteiger charge is 2.21. The summed E-state index contributed by atoms with van der Waals surface area (Å²) >= 11 is 0. The minimum atomic E-state index is -0.560. The molecule has 4 nitrogen and oxygen atoms in total. The first kappa shape index (κ1) is 13.9. The second-order valence-corrected chi connectivity index (χ2v) is 4.45. The number of nitrogens with one attached hydrogen (secondary N) is 1. The van der Waals surface area contributed by atoms with Gasteiger partial charge in [0, 0.05) is 13.2 Å². The highest BCUT2D eigenvalue weighted by atomic mass is 16.3. The van der Waals surface area contributed by atoms with Gasteiger partial charge < -0.3 is 10.4 Å². The smallest absolute Gasteiger partial charge is 0.237 e. The van der Waals surface area contributed by atoms with Gasteiger partial charge in [-0.25, -0.2) is 0 Å². The molecule has 0 heterocycles. The normalized spacial score (nSPS) is 13.0. The minimum Gasteiger partial charge on any atom is -0.396 e. The van der Waals surface area contributed by atoms with E-state index in [9.17, 15) is 4.79 Å². The van der Waals surface area contributed by atoms with Crippen LogP contribution in [0, 0.1) is 22.7 Å². The number of nitriles is 1. The molecular weight excluding hydrogens is 192 g/mol. The molecule has 0 fully saturated rings. The Bertz CT molecular complexity index is 243. The molecule has 1 unspecified atom stereocenters. The molecule has 0 saturated carbocycles. The van der Waals surface area contributed by atoms with Crippen molar-refractivity contribution in [1.82, 2.24) is 5.32 Å². The van der Waals surface area contributed by atoms with E-state index in [0.29, 0.717) is 19.4 Å². The number of rotatable bonds is 6. The van der Waals surface area contributed by atoms with Crippen molar-refractivity contribution in [2.24, 2.45) is 11.3 Å². The zero-order chi connectivity index (χ0) is 11.9. The summed E-state index contributed by atoms with van der Waals surface area (Å²) in [5.74, 6) is -0.777. The zero-order valence-electron chi connectivity index (χ0n) is 9.71. The molecule has 0 rings (SSSR count). The van der Waals surface area contributed by atoms with Gasteiger partial charge in [0.2, 0.25) is 5.91 Å². The first-order valence-electron chi connectivity index (χ1n) is 5.25. The summed E-state index contributed by atoms with van der Waals surface area (Å²) in [6.45, 7) is 6.35. The molecule has 0 aromatic heterocycles. The van der Waals surface area contributed by atoms with Gasteiger partial charge in [0.05, 0.1) is 6.07 Å². The number of carbonyl (C=O) groups excluding carboxylic acids is 1. The maximum atomic E-state index is 11.5. The summed E-state index contributed by atoms with van der Waals surface area (Å²) in [4.78, 5) is 11.5. The SMILES string of the molecule is CCC(C#N)C(=O)NCC(C)(C)CCO. The molecule has 0 aliphatic rings. The number of carbonyl (C=O) groups is 1. The van der Waals surface area contributed by atoms with Crippen molar-refractivity contribution in [3.63, 3.8) is 0 Å². The Labute approximate surface area is 91.3 Å². The molecule has 1 atom stereocenters. The van der Waals surface area contributed by atoms with Crippen LogP contribution in [0.5, 0.6) is 0 Å². The number of hydrogen-bond acceptors (Lipinski definition) is 3. The minimum absolute atomic E-state index is 0.109. The van der Waals surface area contributed by atoms with E-state index in [0.717, 1.165) is 0 Å². The average molecular weight is 212 g/mol. The molecule has 2 N–H and O–H groups in total. The summed E-state index contributed by atoms with van der Waals surface area (Å²) in [7, 11) is 0. The second-order valence-electron chi connectivity index (χ2n) is 4.45. The molecule has 0 saturated heterocycles. The molecule has 86 valence electrons. The fourth-order valence-corrected chi connectivity index (χ4v) is 1.18. The van der Waals surface area contributed by atoms with Crippen molar-refractivity contribution in [3.8, 4) is 6.07 Å². The number of aliphatic hydroxyl groups is 1. The van der Waals surface area contributed by atoms with E-state index in [1.165, 1.54) is 0 Å². The molecule has 0 spiro atoms. The van der Waals surface area contributed by atoms with Gasteiger partial charge in [-0.05, 0) is 18.3 Å². The van der Waals surface area contributed by atoms with Crippen molar-refractivity contribution in [3.05, 3.63) is 0 Å². The predicted octanol–water partition coefficient (Wildman–Crippen LogP) is 1.06. The molecule has 0 aromatic rings. The number of amides is 1. The molecular formula is C11H20N2O2. The van der Waals surface area contributed by atoms with Crippen LogP contribution in [0.4, 0.5) is 0 Å². The van der Waals surface area contributed by atoms with Crippen LogP contribution in [-0.4, -0.2) is 24.2 Å². The summed E-state index contributed by atoms with van der Waals surface area (Å²) in [6.07, 6.45) is 1.17. The lowest BCUT2D eigenvalue weighted by Crippen LogP contribution is -2.37. The fraction of sp³-hybridized carbons (Fsp3) is 0.818. The largest absolute Gasteiger partial charge is 0.396 e. The van der Waals surface area contributed by atoms with Gasteiger partial charge in [-0.3, -0.25) is 4.79 Å². The lowest BCUT2D eigenvalue weighted by molar-refractivity contribution is -0.123. The van der Waals surface area contributed by atoms with E-state index in [2.05, 4.69) is 5.32 Å². The van der Waals surface area contributed by atoms with Crippen LogP contribution < -0.4 is 5.32 Å². The van der Waals surface area contributed by atoms with Crippen molar-refractivity contribution < 1.29 is 9.90 Å². The highest BCUT2D eigenvalue weighted by Crippen LogP contribution is 2.18. The van der Waals surface area contributed by atoms with Crippen LogP contribution >= 0.6 is 0 Å². The molecule has 0 aliphatic heterocycles. The lowest BCUT2D eigenvalue weighted by Gasteiger charge is -2.24. The number of hydrogen-bond donors (Lipinski definition) is 2. The van der Waals surface area contributed by atoms with Crippen molar-refractivity contribution in [2.45, 2.75) is 33.6 Å². The van der Waals surface area contributed by atoms with E-state index in [4.69, 9.17) is 10.4 Å². The van der Waals surface area contributed by atoms with Gasteiger partial charge in [0.25, 0.3) is 0 Å². The summed E-state index contributed by atoms with van der Waals surface area (Å²) < 4.78 is 0. The molecule has 15 heavy (non-hydrogen) atoms. The fourth-order valence-electron chi connectivity index (χ4n) is 1.18. The molecule has 0 radical (unpaired) electrons. The lowest BCUT2D eigenvalue weighted by atomic mass is 9.89. The molecule has 0 aromatic carbocycles. The summed E-state index contributed by atoms with van der Waals surface area (Å²) in [5, 5.41) is 20.2. The van der Waals surface area contributed by atoms with Crippen LogP contribution in [0.3, 0.4) is 0 Å². The first-order chi connectivity index (χ1) is 6.96. The van der Waals surface area contributed by atoms with Gasteiger partial charge in [0.1, 0.15) is 5.92 Å². The van der Waals surface area contributed by atoms with E-state index in [1.54, 1.807) is 0 Å². The van der Waals surface area contributed by atoms with Crippen molar-refractivity contribution in [2.75, 3.05) is 13.2 Å². The van der Waals surface area contributed by atoms with E-state index >= 15 is 0 Å². The topological polar surface area (TPSA) is 73.1 Å². The third-order valence-corrected chi connectivity index (χ3v) is 2.41. The van der Waals surface area contributed by atoms with E-state index < -0.39 is 5.92 Å². The Balaban J connectivity index is 4.05. The number of nitrogens with zero attached hydrogens (tertiary/aromatic N) is 1. The standard InChI is InChI=1S/C11H20N2O2/c1-4-9(7-12)10(15)13-8-11(2,3)5-6-14/h9,14H,4-6,8H2,1-3H3,(H,13,15). The van der Waals surface area contributed by atoms with Crippen LogP contribution in [0.25, 0.3) is 0 Å². The third-order valence-electron chi connectivity index (χ3n) is 2.41. The van der Waals surface area contributed by atoms with E-state index in [-0.39, 0.29) is 17.9 Å². The second kappa shape index (κ2) is 6.41. The van der Waals surface area contributed by atoms with Crippen LogP contribution in [0.1, 0.15) is 33.6 Å². The zero-order valence-corrected chi connectivity index (χ0v) is 9.71. The van der Waals surface area contributed by atoms with Crippen LogP contribution in [0.15, 0.2) is 0 Å². The van der Waals surface area contributed by atoms with Crippen LogP contribution in [-0.2, 0) is 4.79 Å². The predicted molar refractivity (Wildman–Crippen MR) is 57.9 cm³/mol. The summed E-state index contributed by atoms with van der Waals surface area (Å²) in [5.41, 5.74) is -0.127. The van der Waals surface area contributed by atoms with Gasteiger partial charge in [-0.2, -0.15) is 5.26 Å². The Kier molecular flexibility index (Phi) is 5.95. The van der Waals surface area contributed by atoms with Gasteiger partial charge in [0.15, 0.2) is 0 Å². The average Bonchev–Trinajstić information content (AvgIpc) is 2.17. The van der Waals surface area contributed by atoms with Crippen LogP contribution in [0.2, 0.25) is 0 Å². The monoisotopic (exact) mass is 212 g/mol. The Morgan fingerprint density at radius 2 is 2.20 bits per heavy atom. The molecule has 0 bridgehead atoms. The van der Waals surface area contributed by atoms with Gasteiger partial charge >= 0.3 is 0 Å². The third kappa shape index (κ3) is 5.38. The van der Waals surface area contributed by atoms with Crippen molar-refractivity contribution >= 4 is 5.91 Å². The van der Waals surface area contributed by atoms with E-state index in [1.807, 2.05) is 26.8 Å². The van der Waals surface area contributed by atoms with Gasteiger partial charge in [-0.1, -0.05) is 20.8 Å². The Morgan fingerprint density at radius 3 is 2.60 bits per heavy atom. The highest BCUT2D eigenvalue weighted by molar-refractivity contribution is 5.80. The number of aliphatic hydroxyl groups excluding tert-OH is 1. The van der Waals surface area contributed by atoms with Crippen molar-refractivity contribution in [1.29, 1.82) is 5.26 Å². The molecule has 1 amide bonds. The molecule has 0 aliphatic carbocycles. The maximum Gasteiger partial charge on any atom is 0.237 e. The Morgan fingerprint density at radius 1 is 1.60 bits per heavy atom. The molecule has 4 heteroatoms. The Hall–Kier alpha value is -1.08. The quantitative estimate of drug-likeness (QED) is 0.691. The maximum absolute atomic E-state index is 11.5.